The fourth-order valence-corrected chi connectivity index (χ4v) is 5.44. The van der Waals surface area contributed by atoms with Crippen molar-refractivity contribution in [2.45, 2.75) is 56.8 Å². The summed E-state index contributed by atoms with van der Waals surface area (Å²) < 4.78 is 5.75. The van der Waals surface area contributed by atoms with Crippen molar-refractivity contribution in [1.29, 1.82) is 0 Å². The van der Waals surface area contributed by atoms with Crippen LogP contribution >= 0.6 is 0 Å². The third-order valence-electron chi connectivity index (χ3n) is 8.06. The molecule has 1 saturated heterocycles. The molecule has 4 atom stereocenters. The first-order valence-corrected chi connectivity index (χ1v) is 15.0. The molecule has 3 aromatic carbocycles. The third kappa shape index (κ3) is 9.10. The van der Waals surface area contributed by atoms with E-state index >= 15 is 0 Å². The van der Waals surface area contributed by atoms with Crippen LogP contribution in [0.3, 0.4) is 0 Å². The largest absolute Gasteiger partial charge is 0.392 e. The van der Waals surface area contributed by atoms with E-state index in [9.17, 15) is 19.5 Å². The number of carbonyl (C=O) groups is 3. The number of aliphatic hydroxyl groups excluding tert-OH is 1. The monoisotopic (exact) mass is 588 g/mol. The van der Waals surface area contributed by atoms with Crippen molar-refractivity contribution in [3.8, 4) is 0 Å². The van der Waals surface area contributed by atoms with Gasteiger partial charge in [-0.2, -0.15) is 0 Å². The molecule has 3 aromatic rings. The average molecular weight is 589 g/mol. The highest BCUT2D eigenvalue weighted by atomic mass is 16.5. The van der Waals surface area contributed by atoms with Gasteiger partial charge in [0.05, 0.1) is 12.7 Å². The van der Waals surface area contributed by atoms with Gasteiger partial charge in [-0.1, -0.05) is 72.8 Å². The Morgan fingerprint density at radius 3 is 2.33 bits per heavy atom. The molecule has 0 bridgehead atoms. The highest BCUT2D eigenvalue weighted by Gasteiger charge is 2.35. The van der Waals surface area contributed by atoms with Crippen molar-refractivity contribution in [3.05, 3.63) is 83.9 Å². The van der Waals surface area contributed by atoms with E-state index in [2.05, 4.69) is 10.6 Å². The number of benzene rings is 3. The van der Waals surface area contributed by atoms with Crippen LogP contribution in [0.4, 0.5) is 0 Å². The molecule has 43 heavy (non-hydrogen) atoms. The molecule has 0 radical (unpaired) electrons. The summed E-state index contributed by atoms with van der Waals surface area (Å²) in [6.07, 6.45) is 1.93. The quantitative estimate of drug-likeness (QED) is 0.267. The number of amides is 3. The van der Waals surface area contributed by atoms with Crippen LogP contribution in [0.5, 0.6) is 0 Å². The van der Waals surface area contributed by atoms with E-state index in [-0.39, 0.29) is 49.8 Å². The van der Waals surface area contributed by atoms with Crippen LogP contribution in [0, 0.1) is 0 Å². The van der Waals surface area contributed by atoms with E-state index in [0.717, 1.165) is 41.3 Å². The van der Waals surface area contributed by atoms with Gasteiger partial charge in [-0.3, -0.25) is 14.4 Å². The second kappa shape index (κ2) is 15.6. The molecule has 0 spiro atoms. The number of nitrogens with zero attached hydrogens (tertiary/aromatic N) is 2. The molecule has 0 aromatic heterocycles. The molecule has 4 rings (SSSR count). The van der Waals surface area contributed by atoms with Crippen molar-refractivity contribution in [3.63, 3.8) is 0 Å². The van der Waals surface area contributed by atoms with E-state index in [1.165, 1.54) is 9.80 Å². The highest BCUT2D eigenvalue weighted by Crippen LogP contribution is 2.20. The summed E-state index contributed by atoms with van der Waals surface area (Å²) in [4.78, 5) is 43.9. The number of ether oxygens (including phenoxy) is 1. The molecule has 1 aliphatic rings. The van der Waals surface area contributed by atoms with Gasteiger partial charge in [-0.05, 0) is 48.2 Å². The standard InChI is InChI=1S/C34H44N4O5/c1-24(39)21-36-33(41)30(19-25-10-5-4-6-11-25)38(3)34(42)31(20-26-15-16-27-12-7-8-13-28(27)18-26)37(2)32(40)23-43-22-29-14-9-17-35-29/h4-8,10-13,15-16,18,24,29-31,35,39H,9,14,17,19-23H2,1-3H3,(H,36,41)/t24-,29-,30-,31-/m1/s1. The van der Waals surface area contributed by atoms with Crippen molar-refractivity contribution in [2.75, 3.05) is 40.4 Å². The van der Waals surface area contributed by atoms with Gasteiger partial charge in [0.15, 0.2) is 0 Å². The molecule has 1 aliphatic heterocycles. The summed E-state index contributed by atoms with van der Waals surface area (Å²) in [6.45, 7) is 2.91. The lowest BCUT2D eigenvalue weighted by atomic mass is 9.98. The Hall–Kier alpha value is -3.79. The predicted octanol–water partition coefficient (Wildman–Crippen LogP) is 2.54. The Morgan fingerprint density at radius 1 is 0.930 bits per heavy atom. The maximum absolute atomic E-state index is 14.3. The summed E-state index contributed by atoms with van der Waals surface area (Å²) >= 11 is 0. The molecular formula is C34H44N4O5. The first-order valence-electron chi connectivity index (χ1n) is 15.0. The molecule has 230 valence electrons. The fraction of sp³-hybridized carbons (Fsp3) is 0.441. The lowest BCUT2D eigenvalue weighted by Gasteiger charge is -2.35. The minimum Gasteiger partial charge on any atom is -0.392 e. The number of fused-ring (bicyclic) bond motifs is 1. The molecule has 1 fully saturated rings. The van der Waals surface area contributed by atoms with Crippen LogP contribution in [0.15, 0.2) is 72.8 Å². The topological polar surface area (TPSA) is 111 Å². The van der Waals surface area contributed by atoms with Crippen molar-refractivity contribution < 1.29 is 24.2 Å². The van der Waals surface area contributed by atoms with Gasteiger partial charge in [-0.25, -0.2) is 0 Å². The Kier molecular flexibility index (Phi) is 11.7. The maximum atomic E-state index is 14.3. The molecule has 0 unspecified atom stereocenters. The van der Waals surface area contributed by atoms with Gasteiger partial charge in [0.1, 0.15) is 18.7 Å². The second-order valence-corrected chi connectivity index (χ2v) is 11.5. The van der Waals surface area contributed by atoms with Crippen molar-refractivity contribution >= 4 is 28.5 Å². The zero-order valence-corrected chi connectivity index (χ0v) is 25.4. The predicted molar refractivity (Wildman–Crippen MR) is 167 cm³/mol. The van der Waals surface area contributed by atoms with Crippen LogP contribution in [-0.4, -0.2) is 97.3 Å². The number of rotatable bonds is 14. The summed E-state index contributed by atoms with van der Waals surface area (Å²) in [5, 5.41) is 18.0. The second-order valence-electron chi connectivity index (χ2n) is 11.5. The van der Waals surface area contributed by atoms with E-state index in [1.807, 2.05) is 72.8 Å². The minimum atomic E-state index is -0.866. The molecule has 3 N–H and O–H groups in total. The average Bonchev–Trinajstić information content (AvgIpc) is 3.54. The number of nitrogens with one attached hydrogen (secondary N) is 2. The Balaban J connectivity index is 1.57. The summed E-state index contributed by atoms with van der Waals surface area (Å²) in [5.74, 6) is -1.02. The van der Waals surface area contributed by atoms with Gasteiger partial charge < -0.3 is 30.3 Å². The summed E-state index contributed by atoms with van der Waals surface area (Å²) in [6, 6.07) is 22.0. The van der Waals surface area contributed by atoms with Gasteiger partial charge in [0.25, 0.3) is 0 Å². The van der Waals surface area contributed by atoms with Crippen LogP contribution in [-0.2, 0) is 32.0 Å². The normalized spacial score (nSPS) is 16.8. The van der Waals surface area contributed by atoms with E-state index in [1.54, 1.807) is 21.0 Å². The lowest BCUT2D eigenvalue weighted by Crippen LogP contribution is -2.56. The third-order valence-corrected chi connectivity index (χ3v) is 8.06. The minimum absolute atomic E-state index is 0.0677. The molecule has 9 nitrogen and oxygen atoms in total. The SMILES string of the molecule is C[C@@H](O)CNC(=O)[C@@H](Cc1ccccc1)N(C)C(=O)[C@@H](Cc1ccc2ccccc2c1)N(C)C(=O)COC[C@H]1CCCN1. The smallest absolute Gasteiger partial charge is 0.249 e. The Labute approximate surface area is 254 Å². The molecule has 0 aliphatic carbocycles. The van der Waals surface area contributed by atoms with Gasteiger partial charge >= 0.3 is 0 Å². The van der Waals surface area contributed by atoms with Crippen LogP contribution in [0.2, 0.25) is 0 Å². The van der Waals surface area contributed by atoms with Gasteiger partial charge in [0.2, 0.25) is 17.7 Å². The number of aliphatic hydroxyl groups is 1. The molecule has 3 amide bonds. The van der Waals surface area contributed by atoms with E-state index in [0.29, 0.717) is 6.61 Å². The maximum Gasteiger partial charge on any atom is 0.249 e. The Bertz CT molecular complexity index is 1360. The lowest BCUT2D eigenvalue weighted by molar-refractivity contribution is -0.149. The summed E-state index contributed by atoms with van der Waals surface area (Å²) in [5.41, 5.74) is 1.79. The zero-order chi connectivity index (χ0) is 30.8. The van der Waals surface area contributed by atoms with Crippen LogP contribution in [0.1, 0.15) is 30.9 Å². The molecule has 1 heterocycles. The summed E-state index contributed by atoms with van der Waals surface area (Å²) in [7, 11) is 3.22. The number of likely N-dealkylation sites (N-methyl/N-ethyl adjacent to an activating group) is 2. The van der Waals surface area contributed by atoms with Crippen molar-refractivity contribution in [2.24, 2.45) is 0 Å². The fourth-order valence-electron chi connectivity index (χ4n) is 5.44. The van der Waals surface area contributed by atoms with Crippen LogP contribution in [0.25, 0.3) is 10.8 Å². The Morgan fingerprint density at radius 2 is 1.63 bits per heavy atom. The van der Waals surface area contributed by atoms with Crippen LogP contribution < -0.4 is 10.6 Å². The van der Waals surface area contributed by atoms with Crippen molar-refractivity contribution in [1.82, 2.24) is 20.4 Å². The first kappa shape index (κ1) is 32.1. The van der Waals surface area contributed by atoms with E-state index < -0.39 is 18.2 Å². The van der Waals surface area contributed by atoms with Gasteiger partial charge in [0, 0.05) is 39.5 Å². The van der Waals surface area contributed by atoms with E-state index in [4.69, 9.17) is 4.74 Å². The number of hydrogen-bond donors (Lipinski definition) is 3. The molecular weight excluding hydrogens is 544 g/mol. The number of hydrogen-bond acceptors (Lipinski definition) is 6. The highest BCUT2D eigenvalue weighted by molar-refractivity contribution is 5.92. The molecule has 0 saturated carbocycles. The molecule has 9 heteroatoms. The zero-order valence-electron chi connectivity index (χ0n) is 25.4. The number of carbonyl (C=O) groups excluding carboxylic acids is 3. The first-order chi connectivity index (χ1) is 20.7. The van der Waals surface area contributed by atoms with Gasteiger partial charge in [-0.15, -0.1) is 0 Å².